The van der Waals surface area contributed by atoms with E-state index in [2.05, 4.69) is 49.9 Å². The van der Waals surface area contributed by atoms with Crippen LogP contribution in [0.4, 0.5) is 0 Å². The Morgan fingerprint density at radius 2 is 1.96 bits per heavy atom. The van der Waals surface area contributed by atoms with E-state index in [9.17, 15) is 9.90 Å². The zero-order valence-corrected chi connectivity index (χ0v) is 16.5. The number of carbonyl (C=O) groups is 1. The largest absolute Gasteiger partial charge is 0.481 e. The molecule has 0 bridgehead atoms. The third-order valence-corrected chi connectivity index (χ3v) is 6.44. The van der Waals surface area contributed by atoms with E-state index in [-0.39, 0.29) is 11.3 Å². The van der Waals surface area contributed by atoms with Gasteiger partial charge in [0.05, 0.1) is 12.0 Å². The highest BCUT2D eigenvalue weighted by Crippen LogP contribution is 2.49. The summed E-state index contributed by atoms with van der Waals surface area (Å²) in [7, 11) is 0. The lowest BCUT2D eigenvalue weighted by Crippen LogP contribution is -2.35. The number of carboxylic acids is 1. The molecule has 1 aromatic carbocycles. The Morgan fingerprint density at radius 3 is 2.59 bits per heavy atom. The number of hydrogen-bond acceptors (Lipinski definition) is 3. The molecule has 1 aliphatic carbocycles. The predicted octanol–water partition coefficient (Wildman–Crippen LogP) is 4.93. The molecule has 2 fully saturated rings. The summed E-state index contributed by atoms with van der Waals surface area (Å²) >= 11 is 0. The number of carboxylic acid groups (broad SMARTS) is 1. The highest BCUT2D eigenvalue weighted by Gasteiger charge is 2.54. The van der Waals surface area contributed by atoms with Gasteiger partial charge < -0.3 is 9.52 Å². The Balaban J connectivity index is 1.46. The lowest BCUT2D eigenvalue weighted by atomic mass is 9.81. The Bertz CT molecular complexity index is 830. The molecule has 2 aromatic rings. The number of aliphatic carboxylic acids is 1. The van der Waals surface area contributed by atoms with Crippen LogP contribution in [0.3, 0.4) is 0 Å². The maximum absolute atomic E-state index is 11.8. The highest BCUT2D eigenvalue weighted by molar-refractivity contribution is 5.76. The number of fused-ring (bicyclic) bond motifs is 1. The summed E-state index contributed by atoms with van der Waals surface area (Å²) in [4.78, 5) is 14.1. The third kappa shape index (κ3) is 3.31. The van der Waals surface area contributed by atoms with E-state index in [1.807, 2.05) is 12.1 Å². The van der Waals surface area contributed by atoms with Gasteiger partial charge in [0.15, 0.2) is 0 Å². The zero-order chi connectivity index (χ0) is 19.2. The smallest absolute Gasteiger partial charge is 0.311 e. The Hall–Kier alpha value is -2.07. The van der Waals surface area contributed by atoms with Gasteiger partial charge in [0.2, 0.25) is 0 Å². The Kier molecular flexibility index (Phi) is 4.42. The molecule has 0 unspecified atom stereocenters. The molecule has 0 amide bonds. The monoisotopic (exact) mass is 367 g/mol. The molecule has 1 N–H and O–H groups in total. The van der Waals surface area contributed by atoms with E-state index in [1.165, 1.54) is 5.56 Å². The number of furan rings is 1. The van der Waals surface area contributed by atoms with Crippen LogP contribution in [0.5, 0.6) is 0 Å². The maximum atomic E-state index is 11.8. The van der Waals surface area contributed by atoms with Crippen molar-refractivity contribution in [3.05, 3.63) is 47.7 Å². The molecule has 1 aromatic heterocycles. The second kappa shape index (κ2) is 6.52. The molecule has 1 saturated carbocycles. The quantitative estimate of drug-likeness (QED) is 0.832. The summed E-state index contributed by atoms with van der Waals surface area (Å²) in [5.74, 6) is 1.45. The molecule has 0 spiro atoms. The van der Waals surface area contributed by atoms with E-state index in [4.69, 9.17) is 4.42 Å². The number of likely N-dealkylation sites (tertiary alicyclic amines) is 1. The van der Waals surface area contributed by atoms with Crippen molar-refractivity contribution in [2.24, 2.45) is 11.3 Å². The van der Waals surface area contributed by atoms with Crippen molar-refractivity contribution in [3.8, 4) is 11.3 Å². The number of rotatable bonds is 4. The lowest BCUT2D eigenvalue weighted by Gasteiger charge is -2.23. The molecule has 4 heteroatoms. The van der Waals surface area contributed by atoms with Gasteiger partial charge in [-0.1, -0.05) is 51.5 Å². The zero-order valence-electron chi connectivity index (χ0n) is 16.5. The van der Waals surface area contributed by atoms with Crippen molar-refractivity contribution in [1.82, 2.24) is 4.90 Å². The fourth-order valence-electron chi connectivity index (χ4n) is 4.84. The molecule has 1 aliphatic heterocycles. The first-order chi connectivity index (χ1) is 12.8. The lowest BCUT2D eigenvalue weighted by molar-refractivity contribution is -0.149. The minimum atomic E-state index is -0.619. The maximum Gasteiger partial charge on any atom is 0.311 e. The van der Waals surface area contributed by atoms with Crippen molar-refractivity contribution < 1.29 is 14.3 Å². The predicted molar refractivity (Wildman–Crippen MR) is 106 cm³/mol. The summed E-state index contributed by atoms with van der Waals surface area (Å²) in [6, 6.07) is 12.6. The SMILES string of the molecule is CC(C)(C)c1ccc(-c2ccc(CN3C[C@@H]4CCC[C@@]4(C(=O)O)C3)o2)cc1. The fraction of sp³-hybridized carbons (Fsp3) is 0.522. The average Bonchev–Trinajstić information content (AvgIpc) is 3.29. The van der Waals surface area contributed by atoms with Gasteiger partial charge in [-0.15, -0.1) is 0 Å². The summed E-state index contributed by atoms with van der Waals surface area (Å²) in [5, 5.41) is 9.74. The standard InChI is InChI=1S/C23H29NO3/c1-22(2,3)17-8-6-16(7-9-17)20-11-10-19(27-20)14-24-13-18-5-4-12-23(18,15-24)21(25)26/h6-11,18H,4-5,12-15H2,1-3H3,(H,25,26)/t18-,23+/m0/s1. The summed E-state index contributed by atoms with van der Waals surface area (Å²) < 4.78 is 6.08. The molecule has 2 heterocycles. The van der Waals surface area contributed by atoms with Gasteiger partial charge in [0, 0.05) is 18.7 Å². The number of nitrogens with zero attached hydrogens (tertiary/aromatic N) is 1. The van der Waals surface area contributed by atoms with Crippen LogP contribution in [-0.4, -0.2) is 29.1 Å². The van der Waals surface area contributed by atoms with Crippen molar-refractivity contribution in [2.45, 2.75) is 52.0 Å². The number of benzene rings is 1. The molecule has 27 heavy (non-hydrogen) atoms. The van der Waals surface area contributed by atoms with Gasteiger partial charge in [-0.05, 0) is 41.9 Å². The van der Waals surface area contributed by atoms with Gasteiger partial charge in [-0.3, -0.25) is 9.69 Å². The second-order valence-corrected chi connectivity index (χ2v) is 9.31. The van der Waals surface area contributed by atoms with E-state index >= 15 is 0 Å². The van der Waals surface area contributed by atoms with Crippen molar-refractivity contribution in [1.29, 1.82) is 0 Å². The van der Waals surface area contributed by atoms with Crippen LogP contribution in [0.15, 0.2) is 40.8 Å². The van der Waals surface area contributed by atoms with E-state index in [1.54, 1.807) is 0 Å². The minimum Gasteiger partial charge on any atom is -0.481 e. The first-order valence-electron chi connectivity index (χ1n) is 9.93. The molecule has 2 atom stereocenters. The highest BCUT2D eigenvalue weighted by atomic mass is 16.4. The van der Waals surface area contributed by atoms with E-state index < -0.39 is 11.4 Å². The second-order valence-electron chi connectivity index (χ2n) is 9.31. The normalized spacial score (nSPS) is 25.7. The summed E-state index contributed by atoms with van der Waals surface area (Å²) in [6.07, 6.45) is 2.89. The van der Waals surface area contributed by atoms with Crippen molar-refractivity contribution in [3.63, 3.8) is 0 Å². The molecule has 144 valence electrons. The van der Waals surface area contributed by atoms with Gasteiger partial charge in [0.25, 0.3) is 0 Å². The van der Waals surface area contributed by atoms with Gasteiger partial charge in [-0.25, -0.2) is 0 Å². The first kappa shape index (κ1) is 18.3. The van der Waals surface area contributed by atoms with Crippen LogP contribution in [0.25, 0.3) is 11.3 Å². The van der Waals surface area contributed by atoms with E-state index in [0.29, 0.717) is 13.1 Å². The fourth-order valence-corrected chi connectivity index (χ4v) is 4.84. The van der Waals surface area contributed by atoms with Crippen molar-refractivity contribution >= 4 is 5.97 Å². The van der Waals surface area contributed by atoms with Crippen LogP contribution in [-0.2, 0) is 16.8 Å². The molecule has 1 saturated heterocycles. The van der Waals surface area contributed by atoms with Crippen molar-refractivity contribution in [2.75, 3.05) is 13.1 Å². The molecular weight excluding hydrogens is 338 g/mol. The van der Waals surface area contributed by atoms with Crippen LogP contribution in [0.2, 0.25) is 0 Å². The summed E-state index contributed by atoms with van der Waals surface area (Å²) in [6.45, 7) is 8.82. The van der Waals surface area contributed by atoms with Crippen LogP contribution < -0.4 is 0 Å². The molecule has 2 aliphatic rings. The topological polar surface area (TPSA) is 53.7 Å². The first-order valence-corrected chi connectivity index (χ1v) is 9.93. The van der Waals surface area contributed by atoms with Crippen LogP contribution in [0, 0.1) is 11.3 Å². The Morgan fingerprint density at radius 1 is 1.22 bits per heavy atom. The van der Waals surface area contributed by atoms with Crippen LogP contribution >= 0.6 is 0 Å². The third-order valence-electron chi connectivity index (χ3n) is 6.44. The van der Waals surface area contributed by atoms with Crippen LogP contribution in [0.1, 0.15) is 51.4 Å². The molecule has 4 rings (SSSR count). The Labute approximate surface area is 161 Å². The average molecular weight is 367 g/mol. The van der Waals surface area contributed by atoms with Gasteiger partial charge in [-0.2, -0.15) is 0 Å². The van der Waals surface area contributed by atoms with E-state index in [0.717, 1.165) is 42.9 Å². The molecule has 0 radical (unpaired) electrons. The molecule has 4 nitrogen and oxygen atoms in total. The summed E-state index contributed by atoms with van der Waals surface area (Å²) in [5.41, 5.74) is 1.99. The van der Waals surface area contributed by atoms with Gasteiger partial charge >= 0.3 is 5.97 Å². The molecular formula is C23H29NO3. The van der Waals surface area contributed by atoms with Gasteiger partial charge in [0.1, 0.15) is 11.5 Å². The minimum absolute atomic E-state index is 0.140. The number of hydrogen-bond donors (Lipinski definition) is 1.